The molecular weight excluding hydrogens is 576 g/mol. The zero-order valence-electron chi connectivity index (χ0n) is 27.8. The summed E-state index contributed by atoms with van der Waals surface area (Å²) in [7, 11) is 0. The highest BCUT2D eigenvalue weighted by Crippen LogP contribution is 2.35. The predicted octanol–water partition coefficient (Wildman–Crippen LogP) is 7.46. The Hall–Kier alpha value is -3.59. The van der Waals surface area contributed by atoms with Crippen LogP contribution in [0.3, 0.4) is 0 Å². The molecule has 0 aliphatic carbocycles. The highest BCUT2D eigenvalue weighted by atomic mass is 16.5. The first-order chi connectivity index (χ1) is 21.7. The number of unbranched alkanes of at least 4 members (excludes halogenated alkanes) is 2. The third-order valence-electron chi connectivity index (χ3n) is 7.17. The van der Waals surface area contributed by atoms with Crippen LogP contribution in [0.4, 0.5) is 0 Å². The van der Waals surface area contributed by atoms with Gasteiger partial charge in [-0.2, -0.15) is 0 Å². The Morgan fingerprint density at radius 3 is 1.73 bits per heavy atom. The zero-order chi connectivity index (χ0) is 33.0. The van der Waals surface area contributed by atoms with Crippen LogP contribution in [-0.2, 0) is 27.1 Å². The van der Waals surface area contributed by atoms with Crippen LogP contribution in [0.15, 0.2) is 24.3 Å². The molecule has 0 spiro atoms. The topological polar surface area (TPSA) is 118 Å². The summed E-state index contributed by atoms with van der Waals surface area (Å²) in [5.41, 5.74) is 2.44. The molecule has 45 heavy (non-hydrogen) atoms. The monoisotopic (exact) mass is 628 g/mol. The van der Waals surface area contributed by atoms with Crippen molar-refractivity contribution >= 4 is 17.5 Å². The number of aromatic hydroxyl groups is 1. The first-order valence-corrected chi connectivity index (χ1v) is 16.4. The van der Waals surface area contributed by atoms with Gasteiger partial charge in [-0.05, 0) is 90.0 Å². The van der Waals surface area contributed by atoms with Gasteiger partial charge in [0.1, 0.15) is 23.0 Å². The number of hydrogen-bond acceptors (Lipinski definition) is 9. The lowest BCUT2D eigenvalue weighted by Gasteiger charge is -2.19. The van der Waals surface area contributed by atoms with Crippen molar-refractivity contribution in [2.75, 3.05) is 39.6 Å². The van der Waals surface area contributed by atoms with Crippen LogP contribution in [0.25, 0.3) is 0 Å². The summed E-state index contributed by atoms with van der Waals surface area (Å²) in [5.74, 6) is 1.45. The van der Waals surface area contributed by atoms with E-state index in [0.29, 0.717) is 99.3 Å². The number of ether oxygens (including phenoxy) is 5. The first-order valence-electron chi connectivity index (χ1n) is 16.4. The molecular formula is C36H52O9. The number of hydrogen-bond donors (Lipinski definition) is 1. The summed E-state index contributed by atoms with van der Waals surface area (Å²) in [6.07, 6.45) is 7.13. The molecule has 9 nitrogen and oxygen atoms in total. The van der Waals surface area contributed by atoms with Gasteiger partial charge in [-0.1, -0.05) is 26.7 Å². The molecule has 0 saturated heterocycles. The Bertz CT molecular complexity index is 1220. The molecule has 0 bridgehead atoms. The fourth-order valence-corrected chi connectivity index (χ4v) is 4.91. The number of phenolic OH excluding ortho intramolecular Hbond substituents is 1. The van der Waals surface area contributed by atoms with Crippen LogP contribution >= 0.6 is 0 Å². The maximum Gasteiger partial charge on any atom is 0.305 e. The summed E-state index contributed by atoms with van der Waals surface area (Å²) in [6.45, 7) is 11.8. The number of rotatable bonds is 24. The zero-order valence-corrected chi connectivity index (χ0v) is 27.8. The van der Waals surface area contributed by atoms with E-state index < -0.39 is 0 Å². The molecule has 1 N–H and O–H groups in total. The van der Waals surface area contributed by atoms with Crippen LogP contribution < -0.4 is 14.2 Å². The normalized spacial score (nSPS) is 10.9. The van der Waals surface area contributed by atoms with E-state index in [2.05, 4.69) is 6.92 Å². The Labute approximate surface area is 268 Å². The molecule has 2 aromatic rings. The summed E-state index contributed by atoms with van der Waals surface area (Å²) < 4.78 is 28.9. The van der Waals surface area contributed by atoms with E-state index in [4.69, 9.17) is 23.7 Å². The number of carbonyl (C=O) groups is 3. The lowest BCUT2D eigenvalue weighted by atomic mass is 10.0. The van der Waals surface area contributed by atoms with Crippen LogP contribution in [0.5, 0.6) is 23.0 Å². The number of phenols is 1. The van der Waals surface area contributed by atoms with E-state index in [-0.39, 0.29) is 23.3 Å². The molecule has 0 fully saturated rings. The SMILES string of the molecule is CCCc1c(OCCCCOCCCCOc2c(C(C)=O)ccc(OCCCC(=O)OCC)c2CCC)ccc(C(C)=O)c1O. The molecule has 0 atom stereocenters. The van der Waals surface area contributed by atoms with Crippen molar-refractivity contribution in [2.24, 2.45) is 0 Å². The van der Waals surface area contributed by atoms with Gasteiger partial charge in [0, 0.05) is 30.8 Å². The van der Waals surface area contributed by atoms with Crippen molar-refractivity contribution in [3.63, 3.8) is 0 Å². The van der Waals surface area contributed by atoms with E-state index in [0.717, 1.165) is 44.1 Å². The second kappa shape index (κ2) is 21.2. The lowest BCUT2D eigenvalue weighted by molar-refractivity contribution is -0.143. The van der Waals surface area contributed by atoms with E-state index in [1.807, 2.05) is 13.0 Å². The van der Waals surface area contributed by atoms with Crippen molar-refractivity contribution < 1.29 is 43.2 Å². The first kappa shape index (κ1) is 37.6. The van der Waals surface area contributed by atoms with Crippen LogP contribution in [-0.4, -0.2) is 62.3 Å². The number of Topliss-reactive ketones (excluding diaryl/α,β-unsaturated/α-hetero) is 2. The fourth-order valence-electron chi connectivity index (χ4n) is 4.91. The summed E-state index contributed by atoms with van der Waals surface area (Å²) in [4.78, 5) is 35.7. The Morgan fingerprint density at radius 2 is 1.16 bits per heavy atom. The Kier molecular flexibility index (Phi) is 17.7. The van der Waals surface area contributed by atoms with Gasteiger partial charge in [0.25, 0.3) is 0 Å². The van der Waals surface area contributed by atoms with Gasteiger partial charge in [-0.25, -0.2) is 0 Å². The van der Waals surface area contributed by atoms with Crippen molar-refractivity contribution in [1.82, 2.24) is 0 Å². The van der Waals surface area contributed by atoms with Crippen molar-refractivity contribution in [1.29, 1.82) is 0 Å². The van der Waals surface area contributed by atoms with Crippen molar-refractivity contribution in [2.45, 2.75) is 98.8 Å². The highest BCUT2D eigenvalue weighted by Gasteiger charge is 2.19. The summed E-state index contributed by atoms with van der Waals surface area (Å²) >= 11 is 0. The molecule has 0 amide bonds. The molecule has 0 aromatic heterocycles. The number of carbonyl (C=O) groups excluding carboxylic acids is 3. The molecule has 0 radical (unpaired) electrons. The lowest BCUT2D eigenvalue weighted by Crippen LogP contribution is -2.10. The highest BCUT2D eigenvalue weighted by molar-refractivity contribution is 5.98. The summed E-state index contributed by atoms with van der Waals surface area (Å²) in [5, 5.41) is 10.5. The second-order valence-electron chi connectivity index (χ2n) is 11.0. The van der Waals surface area contributed by atoms with Crippen LogP contribution in [0.1, 0.15) is 118 Å². The number of esters is 1. The van der Waals surface area contributed by atoms with Crippen molar-refractivity contribution in [3.8, 4) is 23.0 Å². The van der Waals surface area contributed by atoms with Gasteiger partial charge < -0.3 is 28.8 Å². The van der Waals surface area contributed by atoms with Gasteiger partial charge in [0.15, 0.2) is 11.6 Å². The Morgan fingerprint density at radius 1 is 0.644 bits per heavy atom. The average molecular weight is 629 g/mol. The minimum Gasteiger partial charge on any atom is -0.507 e. The van der Waals surface area contributed by atoms with Gasteiger partial charge in [-0.15, -0.1) is 0 Å². The third-order valence-corrected chi connectivity index (χ3v) is 7.17. The minimum absolute atomic E-state index is 0.0251. The molecule has 250 valence electrons. The van der Waals surface area contributed by atoms with Crippen molar-refractivity contribution in [3.05, 3.63) is 46.5 Å². The number of benzene rings is 2. The van der Waals surface area contributed by atoms with Crippen LogP contribution in [0.2, 0.25) is 0 Å². The largest absolute Gasteiger partial charge is 0.507 e. The molecule has 0 unspecified atom stereocenters. The number of ketones is 2. The molecule has 9 heteroatoms. The van der Waals surface area contributed by atoms with E-state index in [1.165, 1.54) is 13.8 Å². The van der Waals surface area contributed by atoms with Gasteiger partial charge in [0.2, 0.25) is 0 Å². The maximum absolute atomic E-state index is 12.4. The van der Waals surface area contributed by atoms with E-state index in [1.54, 1.807) is 25.1 Å². The molecule has 2 rings (SSSR count). The van der Waals surface area contributed by atoms with Crippen LogP contribution in [0, 0.1) is 0 Å². The predicted molar refractivity (Wildman–Crippen MR) is 174 cm³/mol. The smallest absolute Gasteiger partial charge is 0.305 e. The van der Waals surface area contributed by atoms with Gasteiger partial charge >= 0.3 is 5.97 Å². The molecule has 0 heterocycles. The third kappa shape index (κ3) is 12.7. The summed E-state index contributed by atoms with van der Waals surface area (Å²) in [6, 6.07) is 6.95. The molecule has 0 aliphatic heterocycles. The average Bonchev–Trinajstić information content (AvgIpc) is 3.00. The van der Waals surface area contributed by atoms with Gasteiger partial charge in [-0.3, -0.25) is 14.4 Å². The molecule has 0 aliphatic rings. The molecule has 0 saturated carbocycles. The Balaban J connectivity index is 1.75. The quantitative estimate of drug-likeness (QED) is 0.0718. The minimum atomic E-state index is -0.236. The fraction of sp³-hybridized carbons (Fsp3) is 0.583. The second-order valence-corrected chi connectivity index (χ2v) is 11.0. The standard InChI is InChI=1S/C36H52O9/c1-6-14-30-32(19-17-28(26(4)37)35(30)40)43-23-11-9-21-41-22-10-12-24-45-36-29(27(5)38)18-20-33(31(36)15-7-2)44-25-13-16-34(39)42-8-3/h17-20,40H,6-16,21-25H2,1-5H3. The maximum atomic E-state index is 12.4. The molecule has 2 aromatic carbocycles. The van der Waals surface area contributed by atoms with Gasteiger partial charge in [0.05, 0.1) is 37.6 Å². The van der Waals surface area contributed by atoms with E-state index in [9.17, 15) is 19.5 Å². The van der Waals surface area contributed by atoms with E-state index >= 15 is 0 Å².